The third-order valence-electron chi connectivity index (χ3n) is 6.75. The summed E-state index contributed by atoms with van der Waals surface area (Å²) in [7, 11) is 0. The van der Waals surface area contributed by atoms with Crippen molar-refractivity contribution in [3.05, 3.63) is 0 Å². The lowest BCUT2D eigenvalue weighted by Crippen LogP contribution is -2.51. The predicted octanol–water partition coefficient (Wildman–Crippen LogP) is 4.10. The molecule has 0 atom stereocenters. The summed E-state index contributed by atoms with van der Waals surface area (Å²) < 4.78 is 0. The zero-order chi connectivity index (χ0) is 15.1. The molecule has 120 valence electrons. The Morgan fingerprint density at radius 2 is 1.38 bits per heavy atom. The molecule has 4 rings (SSSR count). The molecule has 0 aromatic rings. The zero-order valence-electron chi connectivity index (χ0n) is 14.3. The predicted molar refractivity (Wildman–Crippen MR) is 86.7 cm³/mol. The van der Waals surface area contributed by atoms with Gasteiger partial charge < -0.3 is 5.32 Å². The van der Waals surface area contributed by atoms with E-state index in [4.69, 9.17) is 0 Å². The summed E-state index contributed by atoms with van der Waals surface area (Å²) in [6.07, 6.45) is 6.81. The van der Waals surface area contributed by atoms with Crippen molar-refractivity contribution in [1.82, 2.24) is 5.32 Å². The van der Waals surface area contributed by atoms with Gasteiger partial charge in [0, 0.05) is 12.5 Å². The lowest BCUT2D eigenvalue weighted by atomic mass is 9.51. The van der Waals surface area contributed by atoms with Gasteiger partial charge in [0.05, 0.1) is 0 Å². The second-order valence-electron chi connectivity index (χ2n) is 8.85. The molecule has 1 N–H and O–H groups in total. The van der Waals surface area contributed by atoms with Crippen molar-refractivity contribution in [2.24, 2.45) is 47.3 Å². The highest BCUT2D eigenvalue weighted by Crippen LogP contribution is 2.56. The number of carbonyl (C=O) groups excluding carboxylic acids is 1. The Bertz CT molecular complexity index is 351. The Hall–Kier alpha value is -0.530. The molecule has 4 fully saturated rings. The Kier molecular flexibility index (Phi) is 4.34. The molecule has 21 heavy (non-hydrogen) atoms. The summed E-state index contributed by atoms with van der Waals surface area (Å²) in [5.41, 5.74) is 0. The minimum Gasteiger partial charge on any atom is -0.356 e. The topological polar surface area (TPSA) is 29.1 Å². The van der Waals surface area contributed by atoms with Gasteiger partial charge in [0.25, 0.3) is 0 Å². The van der Waals surface area contributed by atoms with Crippen LogP contribution < -0.4 is 5.32 Å². The number of nitrogens with one attached hydrogen (secondary N) is 1. The monoisotopic (exact) mass is 291 g/mol. The Balaban J connectivity index is 1.58. The summed E-state index contributed by atoms with van der Waals surface area (Å²) in [6, 6.07) is 0. The molecule has 4 saturated carbocycles. The minimum atomic E-state index is 0.345. The van der Waals surface area contributed by atoms with Crippen LogP contribution in [0.4, 0.5) is 0 Å². The van der Waals surface area contributed by atoms with Crippen molar-refractivity contribution in [2.75, 3.05) is 6.54 Å². The van der Waals surface area contributed by atoms with Gasteiger partial charge in [0.15, 0.2) is 0 Å². The van der Waals surface area contributed by atoms with Gasteiger partial charge in [-0.05, 0) is 73.5 Å². The first-order chi connectivity index (χ1) is 9.95. The lowest BCUT2D eigenvalue weighted by Gasteiger charge is -2.53. The fourth-order valence-electron chi connectivity index (χ4n) is 5.93. The summed E-state index contributed by atoms with van der Waals surface area (Å²) in [4.78, 5) is 12.8. The molecule has 0 aromatic heterocycles. The van der Waals surface area contributed by atoms with Crippen LogP contribution in [0.25, 0.3) is 0 Å². The van der Waals surface area contributed by atoms with Gasteiger partial charge in [-0.3, -0.25) is 4.79 Å². The number of rotatable bonds is 5. The Labute approximate surface area is 130 Å². The quantitative estimate of drug-likeness (QED) is 0.811. The Morgan fingerprint density at radius 1 is 0.905 bits per heavy atom. The van der Waals surface area contributed by atoms with E-state index in [1.807, 2.05) is 0 Å². The number of hydrogen-bond acceptors (Lipinski definition) is 1. The lowest BCUT2D eigenvalue weighted by molar-refractivity contribution is -0.138. The van der Waals surface area contributed by atoms with E-state index in [0.717, 1.165) is 18.4 Å². The van der Waals surface area contributed by atoms with Crippen molar-refractivity contribution in [1.29, 1.82) is 0 Å². The van der Waals surface area contributed by atoms with E-state index < -0.39 is 0 Å². The summed E-state index contributed by atoms with van der Waals surface area (Å²) >= 11 is 0. The largest absolute Gasteiger partial charge is 0.356 e. The van der Waals surface area contributed by atoms with Crippen LogP contribution >= 0.6 is 0 Å². The first-order valence-electron chi connectivity index (χ1n) is 9.23. The SMILES string of the molecule is CC(C)C(CNC(=O)C1C2CC3CC(C2)CC1C3)C(C)C. The maximum atomic E-state index is 12.8. The number of amides is 1. The molecule has 4 aliphatic rings. The van der Waals surface area contributed by atoms with Crippen LogP contribution in [0.3, 0.4) is 0 Å². The highest BCUT2D eigenvalue weighted by molar-refractivity contribution is 5.79. The molecule has 0 heterocycles. The molecule has 0 aromatic carbocycles. The van der Waals surface area contributed by atoms with E-state index in [2.05, 4.69) is 33.0 Å². The van der Waals surface area contributed by atoms with Crippen LogP contribution in [0, 0.1) is 47.3 Å². The molecule has 0 aliphatic heterocycles. The van der Waals surface area contributed by atoms with E-state index >= 15 is 0 Å². The van der Waals surface area contributed by atoms with E-state index in [-0.39, 0.29) is 0 Å². The molecule has 1 amide bonds. The third-order valence-corrected chi connectivity index (χ3v) is 6.75. The molecule has 2 heteroatoms. The van der Waals surface area contributed by atoms with E-state index in [1.165, 1.54) is 32.1 Å². The average molecular weight is 291 g/mol. The third kappa shape index (κ3) is 3.00. The molecule has 4 bridgehead atoms. The molecule has 0 spiro atoms. The second-order valence-corrected chi connectivity index (χ2v) is 8.85. The van der Waals surface area contributed by atoms with E-state index in [0.29, 0.717) is 41.4 Å². The van der Waals surface area contributed by atoms with Crippen LogP contribution in [0.1, 0.15) is 59.8 Å². The van der Waals surface area contributed by atoms with Crippen LogP contribution in [-0.4, -0.2) is 12.5 Å². The van der Waals surface area contributed by atoms with E-state index in [9.17, 15) is 4.79 Å². The van der Waals surface area contributed by atoms with Crippen molar-refractivity contribution >= 4 is 5.91 Å². The molecule has 0 unspecified atom stereocenters. The second kappa shape index (κ2) is 5.93. The van der Waals surface area contributed by atoms with Gasteiger partial charge in [-0.2, -0.15) is 0 Å². The fourth-order valence-corrected chi connectivity index (χ4v) is 5.93. The van der Waals surface area contributed by atoms with Crippen LogP contribution in [0.2, 0.25) is 0 Å². The maximum absolute atomic E-state index is 12.8. The van der Waals surface area contributed by atoms with Crippen LogP contribution in [-0.2, 0) is 4.79 Å². The average Bonchev–Trinajstić information content (AvgIpc) is 2.36. The maximum Gasteiger partial charge on any atom is 0.223 e. The summed E-state index contributed by atoms with van der Waals surface area (Å²) in [5.74, 6) is 5.94. The Morgan fingerprint density at radius 3 is 1.81 bits per heavy atom. The first-order valence-corrected chi connectivity index (χ1v) is 9.23. The fraction of sp³-hybridized carbons (Fsp3) is 0.947. The van der Waals surface area contributed by atoms with Crippen molar-refractivity contribution in [3.63, 3.8) is 0 Å². The molecule has 0 radical (unpaired) electrons. The number of carbonyl (C=O) groups is 1. The molecule has 0 saturated heterocycles. The minimum absolute atomic E-state index is 0.345. The van der Waals surface area contributed by atoms with Gasteiger partial charge in [0.2, 0.25) is 5.91 Å². The smallest absolute Gasteiger partial charge is 0.223 e. The normalized spacial score (nSPS) is 37.8. The molecular formula is C19H33NO. The highest BCUT2D eigenvalue weighted by atomic mass is 16.1. The standard InChI is InChI=1S/C19H33NO/c1-11(2)17(12(3)4)10-20-19(21)18-15-6-13-5-14(8-15)9-16(18)7-13/h11-18H,5-10H2,1-4H3,(H,20,21). The zero-order valence-corrected chi connectivity index (χ0v) is 14.3. The van der Waals surface area contributed by atoms with Crippen LogP contribution in [0.5, 0.6) is 0 Å². The molecule has 2 nitrogen and oxygen atoms in total. The van der Waals surface area contributed by atoms with Gasteiger partial charge in [-0.25, -0.2) is 0 Å². The van der Waals surface area contributed by atoms with Crippen molar-refractivity contribution in [3.8, 4) is 0 Å². The van der Waals surface area contributed by atoms with Gasteiger partial charge in [-0.1, -0.05) is 27.7 Å². The van der Waals surface area contributed by atoms with Gasteiger partial charge in [-0.15, -0.1) is 0 Å². The van der Waals surface area contributed by atoms with Crippen molar-refractivity contribution < 1.29 is 4.79 Å². The molecule has 4 aliphatic carbocycles. The van der Waals surface area contributed by atoms with Gasteiger partial charge in [0.1, 0.15) is 0 Å². The summed E-state index contributed by atoms with van der Waals surface area (Å²) in [6.45, 7) is 9.98. The summed E-state index contributed by atoms with van der Waals surface area (Å²) in [5, 5.41) is 3.33. The van der Waals surface area contributed by atoms with Crippen molar-refractivity contribution in [2.45, 2.75) is 59.8 Å². The molecular weight excluding hydrogens is 258 g/mol. The first kappa shape index (κ1) is 15.4. The van der Waals surface area contributed by atoms with E-state index in [1.54, 1.807) is 0 Å². The van der Waals surface area contributed by atoms with Gasteiger partial charge >= 0.3 is 0 Å². The number of hydrogen-bond donors (Lipinski definition) is 1. The highest BCUT2D eigenvalue weighted by Gasteiger charge is 2.50. The van der Waals surface area contributed by atoms with Crippen LogP contribution in [0.15, 0.2) is 0 Å².